The zero-order chi connectivity index (χ0) is 13.7. The summed E-state index contributed by atoms with van der Waals surface area (Å²) in [5, 5.41) is 0. The summed E-state index contributed by atoms with van der Waals surface area (Å²) in [7, 11) is 3.41. The van der Waals surface area contributed by atoms with Gasteiger partial charge in [-0.25, -0.2) is 9.78 Å². The standard InChI is InChI=1S/C13H19N3O3/c1-16-6-4-3-5-10(16)9-19-12-8-14-7-11(15-12)13(17)18-2/h7-8,10H,3-6,9H2,1-2H3. The Bertz CT molecular complexity index is 439. The van der Waals surface area contributed by atoms with Gasteiger partial charge in [0.25, 0.3) is 0 Å². The highest BCUT2D eigenvalue weighted by Gasteiger charge is 2.19. The third-order valence-corrected chi connectivity index (χ3v) is 3.35. The van der Waals surface area contributed by atoms with Gasteiger partial charge in [-0.2, -0.15) is 0 Å². The molecule has 0 aromatic carbocycles. The van der Waals surface area contributed by atoms with Gasteiger partial charge in [-0.05, 0) is 26.4 Å². The topological polar surface area (TPSA) is 64.6 Å². The minimum atomic E-state index is -0.507. The molecule has 0 amide bonds. The molecule has 0 spiro atoms. The molecule has 0 saturated carbocycles. The van der Waals surface area contributed by atoms with Gasteiger partial charge in [0, 0.05) is 6.04 Å². The number of rotatable bonds is 4. The fraction of sp³-hybridized carbons (Fsp3) is 0.615. The third-order valence-electron chi connectivity index (χ3n) is 3.35. The largest absolute Gasteiger partial charge is 0.475 e. The molecule has 1 atom stereocenters. The summed E-state index contributed by atoms with van der Waals surface area (Å²) in [6, 6.07) is 0.400. The van der Waals surface area contributed by atoms with E-state index < -0.39 is 5.97 Å². The molecule has 1 aliphatic heterocycles. The van der Waals surface area contributed by atoms with E-state index in [0.29, 0.717) is 18.5 Å². The summed E-state index contributed by atoms with van der Waals surface area (Å²) in [6.45, 7) is 1.66. The first-order valence-electron chi connectivity index (χ1n) is 6.44. The number of likely N-dealkylation sites (tertiary alicyclic amines) is 1. The SMILES string of the molecule is COC(=O)c1cncc(OCC2CCCCN2C)n1. The summed E-state index contributed by atoms with van der Waals surface area (Å²) in [5.74, 6) is -0.144. The van der Waals surface area contributed by atoms with E-state index in [1.165, 1.54) is 32.3 Å². The van der Waals surface area contributed by atoms with E-state index in [9.17, 15) is 4.79 Å². The second-order valence-corrected chi connectivity index (χ2v) is 4.68. The zero-order valence-corrected chi connectivity index (χ0v) is 11.3. The van der Waals surface area contributed by atoms with Gasteiger partial charge < -0.3 is 14.4 Å². The molecule has 2 rings (SSSR count). The first kappa shape index (κ1) is 13.7. The maximum absolute atomic E-state index is 11.3. The van der Waals surface area contributed by atoms with E-state index in [2.05, 4.69) is 26.7 Å². The Morgan fingerprint density at radius 3 is 3.05 bits per heavy atom. The van der Waals surface area contributed by atoms with Gasteiger partial charge in [0.2, 0.25) is 5.88 Å². The lowest BCUT2D eigenvalue weighted by Crippen LogP contribution is -2.40. The van der Waals surface area contributed by atoms with Gasteiger partial charge in [0.15, 0.2) is 5.69 Å². The molecule has 1 unspecified atom stereocenters. The lowest BCUT2D eigenvalue weighted by molar-refractivity contribution is 0.0591. The van der Waals surface area contributed by atoms with Gasteiger partial charge in [-0.15, -0.1) is 0 Å². The van der Waals surface area contributed by atoms with Crippen molar-refractivity contribution in [3.05, 3.63) is 18.1 Å². The molecule has 1 fully saturated rings. The molecule has 6 heteroatoms. The predicted molar refractivity (Wildman–Crippen MR) is 69.1 cm³/mol. The number of esters is 1. The third kappa shape index (κ3) is 3.64. The molecule has 19 heavy (non-hydrogen) atoms. The van der Waals surface area contributed by atoms with Crippen molar-refractivity contribution in [3.8, 4) is 5.88 Å². The van der Waals surface area contributed by atoms with Crippen LogP contribution in [0.5, 0.6) is 5.88 Å². The number of aromatic nitrogens is 2. The fourth-order valence-corrected chi connectivity index (χ4v) is 2.16. The molecular formula is C13H19N3O3. The lowest BCUT2D eigenvalue weighted by atomic mass is 10.0. The minimum absolute atomic E-state index is 0.164. The summed E-state index contributed by atoms with van der Waals surface area (Å²) < 4.78 is 10.2. The van der Waals surface area contributed by atoms with Crippen LogP contribution in [-0.2, 0) is 4.74 Å². The van der Waals surface area contributed by atoms with Crippen LogP contribution in [-0.4, -0.2) is 54.2 Å². The van der Waals surface area contributed by atoms with Crippen LogP contribution in [0.15, 0.2) is 12.4 Å². The van der Waals surface area contributed by atoms with Crippen molar-refractivity contribution < 1.29 is 14.3 Å². The van der Waals surface area contributed by atoms with Crippen molar-refractivity contribution in [2.75, 3.05) is 27.3 Å². The molecule has 2 heterocycles. The van der Waals surface area contributed by atoms with E-state index in [1.54, 1.807) is 0 Å². The molecule has 1 aromatic heterocycles. The van der Waals surface area contributed by atoms with E-state index in [0.717, 1.165) is 13.0 Å². The number of carbonyl (C=O) groups is 1. The molecular weight excluding hydrogens is 246 g/mol. The van der Waals surface area contributed by atoms with E-state index in [4.69, 9.17) is 4.74 Å². The number of hydrogen-bond acceptors (Lipinski definition) is 6. The number of carbonyl (C=O) groups excluding carboxylic acids is 1. The Morgan fingerprint density at radius 2 is 2.32 bits per heavy atom. The summed E-state index contributed by atoms with van der Waals surface area (Å²) in [5.41, 5.74) is 0.164. The van der Waals surface area contributed by atoms with E-state index >= 15 is 0 Å². The molecule has 0 bridgehead atoms. The Kier molecular flexibility index (Phi) is 4.68. The second kappa shape index (κ2) is 6.47. The number of nitrogens with zero attached hydrogens (tertiary/aromatic N) is 3. The van der Waals surface area contributed by atoms with Crippen molar-refractivity contribution in [3.63, 3.8) is 0 Å². The zero-order valence-electron chi connectivity index (χ0n) is 11.3. The van der Waals surface area contributed by atoms with E-state index in [1.807, 2.05) is 0 Å². The van der Waals surface area contributed by atoms with Crippen molar-refractivity contribution in [2.45, 2.75) is 25.3 Å². The highest BCUT2D eigenvalue weighted by atomic mass is 16.5. The van der Waals surface area contributed by atoms with Crippen LogP contribution in [0.4, 0.5) is 0 Å². The number of hydrogen-bond donors (Lipinski definition) is 0. The number of ether oxygens (including phenoxy) is 2. The Morgan fingerprint density at radius 1 is 1.47 bits per heavy atom. The second-order valence-electron chi connectivity index (χ2n) is 4.68. The molecule has 0 aliphatic carbocycles. The average molecular weight is 265 g/mol. The normalized spacial score (nSPS) is 20.0. The monoisotopic (exact) mass is 265 g/mol. The number of methoxy groups -OCH3 is 1. The average Bonchev–Trinajstić information content (AvgIpc) is 2.46. The minimum Gasteiger partial charge on any atom is -0.475 e. The van der Waals surface area contributed by atoms with Crippen LogP contribution in [0.1, 0.15) is 29.8 Å². The van der Waals surface area contributed by atoms with Gasteiger partial charge in [-0.1, -0.05) is 6.42 Å². The van der Waals surface area contributed by atoms with Crippen LogP contribution in [0.25, 0.3) is 0 Å². The quantitative estimate of drug-likeness (QED) is 0.760. The summed E-state index contributed by atoms with van der Waals surface area (Å²) in [6.07, 6.45) is 6.47. The van der Waals surface area contributed by atoms with Crippen LogP contribution < -0.4 is 4.74 Å². The van der Waals surface area contributed by atoms with Crippen LogP contribution in [0.2, 0.25) is 0 Å². The van der Waals surface area contributed by atoms with Crippen LogP contribution in [0, 0.1) is 0 Å². The van der Waals surface area contributed by atoms with Crippen molar-refractivity contribution in [1.29, 1.82) is 0 Å². The Labute approximate surface area is 112 Å². The van der Waals surface area contributed by atoms with Crippen LogP contribution in [0.3, 0.4) is 0 Å². The van der Waals surface area contributed by atoms with Gasteiger partial charge in [0.1, 0.15) is 6.61 Å². The molecule has 6 nitrogen and oxygen atoms in total. The van der Waals surface area contributed by atoms with Crippen LogP contribution >= 0.6 is 0 Å². The Balaban J connectivity index is 1.93. The van der Waals surface area contributed by atoms with Gasteiger partial charge in [-0.3, -0.25) is 4.98 Å². The molecule has 0 radical (unpaired) electrons. The summed E-state index contributed by atoms with van der Waals surface area (Å²) in [4.78, 5) is 21.6. The fourth-order valence-electron chi connectivity index (χ4n) is 2.16. The first-order chi connectivity index (χ1) is 9.20. The van der Waals surface area contributed by atoms with Crippen molar-refractivity contribution >= 4 is 5.97 Å². The van der Waals surface area contributed by atoms with Crippen molar-refractivity contribution in [1.82, 2.24) is 14.9 Å². The maximum atomic E-state index is 11.3. The molecule has 1 saturated heterocycles. The Hall–Kier alpha value is -1.69. The summed E-state index contributed by atoms with van der Waals surface area (Å²) >= 11 is 0. The smallest absolute Gasteiger partial charge is 0.358 e. The molecule has 0 N–H and O–H groups in total. The van der Waals surface area contributed by atoms with E-state index in [-0.39, 0.29) is 5.69 Å². The van der Waals surface area contributed by atoms with Gasteiger partial charge in [0.05, 0.1) is 19.5 Å². The number of likely N-dealkylation sites (N-methyl/N-ethyl adjacent to an activating group) is 1. The lowest BCUT2D eigenvalue weighted by Gasteiger charge is -2.31. The van der Waals surface area contributed by atoms with Crippen molar-refractivity contribution in [2.24, 2.45) is 0 Å². The molecule has 104 valence electrons. The first-order valence-corrected chi connectivity index (χ1v) is 6.44. The predicted octanol–water partition coefficient (Wildman–Crippen LogP) is 1.13. The van der Waals surface area contributed by atoms with Gasteiger partial charge >= 0.3 is 5.97 Å². The maximum Gasteiger partial charge on any atom is 0.358 e. The highest BCUT2D eigenvalue weighted by molar-refractivity contribution is 5.86. The number of piperidine rings is 1. The molecule has 1 aromatic rings. The molecule has 1 aliphatic rings. The highest BCUT2D eigenvalue weighted by Crippen LogP contribution is 2.16.